The first-order valence-electron chi connectivity index (χ1n) is 10.1. The van der Waals surface area contributed by atoms with Crippen LogP contribution in [0.2, 0.25) is 0 Å². The molecule has 0 spiro atoms. The van der Waals surface area contributed by atoms with Crippen LogP contribution in [0.3, 0.4) is 0 Å². The number of carbonyl (C=O) groups is 1. The van der Waals surface area contributed by atoms with Crippen molar-refractivity contribution in [2.45, 2.75) is 84.2 Å². The minimum atomic E-state index is -0.959. The van der Waals surface area contributed by atoms with E-state index in [1.54, 1.807) is 0 Å². The average molecular weight is 439 g/mol. The largest absolute Gasteiger partial charge is 0.480 e. The summed E-state index contributed by atoms with van der Waals surface area (Å²) in [6.45, 7) is 16.1. The lowest BCUT2D eigenvalue weighted by Crippen LogP contribution is -2.33. The minimum Gasteiger partial charge on any atom is -0.480 e. The molecular weight excluding hydrogens is 396 g/mol. The van der Waals surface area contributed by atoms with E-state index in [9.17, 15) is 4.79 Å². The number of thiol groups is 2. The van der Waals surface area contributed by atoms with Gasteiger partial charge in [-0.15, -0.1) is 0 Å². The molecule has 2 atom stereocenters. The smallest absolute Gasteiger partial charge is 0.329 e. The van der Waals surface area contributed by atoms with Gasteiger partial charge >= 0.3 is 5.97 Å². The van der Waals surface area contributed by atoms with Crippen LogP contribution in [0.4, 0.5) is 0 Å². The van der Waals surface area contributed by atoms with Crippen LogP contribution in [0, 0.1) is 11.3 Å². The van der Waals surface area contributed by atoms with Crippen molar-refractivity contribution in [1.82, 2.24) is 0 Å². The second kappa shape index (κ2) is 12.7. The van der Waals surface area contributed by atoms with Gasteiger partial charge in [-0.1, -0.05) is 20.8 Å². The van der Waals surface area contributed by atoms with E-state index in [2.05, 4.69) is 46.0 Å². The molecule has 0 fully saturated rings. The molecule has 0 aliphatic carbocycles. The molecule has 0 amide bonds. The molecule has 168 valence electrons. The third kappa shape index (κ3) is 14.1. The molecular formula is C21H42O5S2. The maximum Gasteiger partial charge on any atom is 0.329 e. The maximum atomic E-state index is 10.6. The van der Waals surface area contributed by atoms with E-state index in [4.69, 9.17) is 19.3 Å². The van der Waals surface area contributed by atoms with Gasteiger partial charge in [-0.3, -0.25) is 0 Å². The van der Waals surface area contributed by atoms with Gasteiger partial charge in [0.25, 0.3) is 0 Å². The topological polar surface area (TPSA) is 65.0 Å². The fraction of sp³-hybridized carbons (Fsp3) is 0.952. The summed E-state index contributed by atoms with van der Waals surface area (Å²) in [4.78, 5) is 10.6. The predicted molar refractivity (Wildman–Crippen MR) is 122 cm³/mol. The number of ether oxygens (including phenoxy) is 3. The monoisotopic (exact) mass is 438 g/mol. The van der Waals surface area contributed by atoms with Gasteiger partial charge in [0.15, 0.2) is 0 Å². The SMILES string of the molecule is CC(CC(C)(C)COCCC(C)(C)OCCC(C)(C)OCC(=O)O)C(S)CS. The molecule has 0 saturated heterocycles. The van der Waals surface area contributed by atoms with Crippen molar-refractivity contribution in [3.05, 3.63) is 0 Å². The van der Waals surface area contributed by atoms with Crippen molar-refractivity contribution in [3.63, 3.8) is 0 Å². The van der Waals surface area contributed by atoms with E-state index < -0.39 is 11.6 Å². The van der Waals surface area contributed by atoms with Crippen LogP contribution in [0.15, 0.2) is 0 Å². The van der Waals surface area contributed by atoms with Crippen molar-refractivity contribution in [1.29, 1.82) is 0 Å². The number of carboxylic acid groups (broad SMARTS) is 1. The molecule has 0 saturated carbocycles. The van der Waals surface area contributed by atoms with E-state index in [0.29, 0.717) is 37.4 Å². The zero-order valence-corrected chi connectivity index (χ0v) is 20.6. The van der Waals surface area contributed by atoms with Crippen molar-refractivity contribution in [2.75, 3.05) is 32.2 Å². The summed E-state index contributed by atoms with van der Waals surface area (Å²) in [6, 6.07) is 0. The summed E-state index contributed by atoms with van der Waals surface area (Å²) < 4.78 is 17.3. The highest BCUT2D eigenvalue weighted by Gasteiger charge is 2.26. The Bertz CT molecular complexity index is 452. The zero-order chi connectivity index (χ0) is 22.0. The third-order valence-corrected chi connectivity index (χ3v) is 6.22. The van der Waals surface area contributed by atoms with Crippen LogP contribution in [0.5, 0.6) is 0 Å². The molecule has 28 heavy (non-hydrogen) atoms. The molecule has 0 aromatic rings. The van der Waals surface area contributed by atoms with Crippen LogP contribution in [0.1, 0.15) is 67.7 Å². The molecule has 0 aliphatic rings. The lowest BCUT2D eigenvalue weighted by atomic mass is 9.83. The standard InChI is InChI=1S/C21H42O5S2/c1-16(17(28)14-27)12-19(2,3)15-24-10-8-20(4,5)25-11-9-21(6,7)26-13-18(22)23/h16-17,27-28H,8-15H2,1-7H3,(H,22,23). The summed E-state index contributed by atoms with van der Waals surface area (Å²) in [5, 5.41) is 9.02. The van der Waals surface area contributed by atoms with Crippen molar-refractivity contribution in [3.8, 4) is 0 Å². The molecule has 0 rings (SSSR count). The van der Waals surface area contributed by atoms with Crippen LogP contribution in [0.25, 0.3) is 0 Å². The number of hydrogen-bond donors (Lipinski definition) is 3. The highest BCUT2D eigenvalue weighted by Crippen LogP contribution is 2.30. The van der Waals surface area contributed by atoms with Gasteiger partial charge in [0, 0.05) is 17.6 Å². The zero-order valence-electron chi connectivity index (χ0n) is 18.8. The summed E-state index contributed by atoms with van der Waals surface area (Å²) in [7, 11) is 0. The van der Waals surface area contributed by atoms with Crippen molar-refractivity contribution >= 4 is 31.2 Å². The first-order chi connectivity index (χ1) is 12.7. The fourth-order valence-electron chi connectivity index (χ4n) is 2.89. The molecule has 0 heterocycles. The predicted octanol–water partition coefficient (Wildman–Crippen LogP) is 4.74. The Morgan fingerprint density at radius 2 is 1.54 bits per heavy atom. The fourth-order valence-corrected chi connectivity index (χ4v) is 3.35. The Morgan fingerprint density at radius 3 is 2.07 bits per heavy atom. The van der Waals surface area contributed by atoms with Crippen LogP contribution < -0.4 is 0 Å². The minimum absolute atomic E-state index is 0.0971. The third-order valence-electron chi connectivity index (χ3n) is 4.84. The van der Waals surface area contributed by atoms with Gasteiger partial charge in [0.1, 0.15) is 6.61 Å². The van der Waals surface area contributed by atoms with E-state index in [1.165, 1.54) is 0 Å². The molecule has 0 aromatic carbocycles. The van der Waals surface area contributed by atoms with Gasteiger partial charge in [-0.25, -0.2) is 4.79 Å². The summed E-state index contributed by atoms with van der Waals surface area (Å²) >= 11 is 8.92. The van der Waals surface area contributed by atoms with E-state index in [0.717, 1.165) is 18.6 Å². The molecule has 2 unspecified atom stereocenters. The molecule has 1 N–H and O–H groups in total. The van der Waals surface area contributed by atoms with Crippen LogP contribution >= 0.6 is 25.3 Å². The Kier molecular flexibility index (Phi) is 12.7. The average Bonchev–Trinajstić information content (AvgIpc) is 2.55. The van der Waals surface area contributed by atoms with Crippen molar-refractivity contribution < 1.29 is 24.1 Å². The molecule has 7 heteroatoms. The van der Waals surface area contributed by atoms with Gasteiger partial charge in [0.05, 0.1) is 24.4 Å². The number of carboxylic acids is 1. The Morgan fingerprint density at radius 1 is 1.00 bits per heavy atom. The Balaban J connectivity index is 4.14. The van der Waals surface area contributed by atoms with E-state index in [1.807, 2.05) is 27.7 Å². The first kappa shape index (κ1) is 28.1. The number of rotatable bonds is 16. The van der Waals surface area contributed by atoms with Gasteiger partial charge in [0.2, 0.25) is 0 Å². The highest BCUT2D eigenvalue weighted by molar-refractivity contribution is 7.84. The van der Waals surface area contributed by atoms with Gasteiger partial charge < -0.3 is 19.3 Å². The second-order valence-electron chi connectivity index (χ2n) is 9.70. The second-order valence-corrected chi connectivity index (χ2v) is 10.7. The lowest BCUT2D eigenvalue weighted by molar-refractivity contribution is -0.150. The van der Waals surface area contributed by atoms with Crippen molar-refractivity contribution in [2.24, 2.45) is 11.3 Å². The molecule has 0 bridgehead atoms. The van der Waals surface area contributed by atoms with E-state index >= 15 is 0 Å². The quantitative estimate of drug-likeness (QED) is 0.240. The Hall–Kier alpha value is 0.0500. The maximum absolute atomic E-state index is 10.6. The highest BCUT2D eigenvalue weighted by atomic mass is 32.1. The lowest BCUT2D eigenvalue weighted by Gasteiger charge is -2.31. The van der Waals surface area contributed by atoms with Crippen LogP contribution in [-0.4, -0.2) is 59.7 Å². The summed E-state index contributed by atoms with van der Waals surface area (Å²) in [6.07, 6.45) is 2.47. The molecule has 0 radical (unpaired) electrons. The van der Waals surface area contributed by atoms with E-state index in [-0.39, 0.29) is 17.6 Å². The number of hydrogen-bond acceptors (Lipinski definition) is 6. The summed E-state index contributed by atoms with van der Waals surface area (Å²) in [5.74, 6) is 0.315. The van der Waals surface area contributed by atoms with Crippen LogP contribution in [-0.2, 0) is 19.0 Å². The van der Waals surface area contributed by atoms with Gasteiger partial charge in [-0.05, 0) is 58.3 Å². The molecule has 0 aliphatic heterocycles. The summed E-state index contributed by atoms with van der Waals surface area (Å²) in [5.41, 5.74) is -0.730. The normalized spacial score (nSPS) is 15.5. The Labute approximate surface area is 183 Å². The molecule has 5 nitrogen and oxygen atoms in total. The van der Waals surface area contributed by atoms with Gasteiger partial charge in [-0.2, -0.15) is 25.3 Å². The number of aliphatic carboxylic acids is 1. The first-order valence-corrected chi connectivity index (χ1v) is 11.2. The molecule has 0 aromatic heterocycles.